The van der Waals surface area contributed by atoms with E-state index in [2.05, 4.69) is 11.5 Å². The van der Waals surface area contributed by atoms with E-state index in [1.807, 2.05) is 30.4 Å². The number of nitrogens with zero attached hydrogens (tertiary/aromatic N) is 1. The van der Waals surface area contributed by atoms with Crippen molar-refractivity contribution >= 4 is 5.97 Å². The Kier molecular flexibility index (Phi) is 2.92. The van der Waals surface area contributed by atoms with Crippen molar-refractivity contribution in [2.45, 2.75) is 13.0 Å². The predicted molar refractivity (Wildman–Crippen MR) is 60.5 cm³/mol. The highest BCUT2D eigenvalue weighted by Crippen LogP contribution is 2.21. The lowest BCUT2D eigenvalue weighted by atomic mass is 10.1. The van der Waals surface area contributed by atoms with E-state index in [0.29, 0.717) is 5.75 Å². The summed E-state index contributed by atoms with van der Waals surface area (Å²) in [7, 11) is 1.95. The number of nitrogens with one attached hydrogen (secondary N) is 1. The van der Waals surface area contributed by atoms with E-state index in [1.165, 1.54) is 6.92 Å². The molecule has 84 valence electrons. The highest BCUT2D eigenvalue weighted by atomic mass is 16.5. The van der Waals surface area contributed by atoms with E-state index in [-0.39, 0.29) is 12.0 Å². The van der Waals surface area contributed by atoms with Crippen LogP contribution in [0, 0.1) is 0 Å². The maximum atomic E-state index is 10.7. The predicted octanol–water partition coefficient (Wildman–Crippen LogP) is 1.62. The maximum Gasteiger partial charge on any atom is 0.308 e. The van der Waals surface area contributed by atoms with Gasteiger partial charge in [0.25, 0.3) is 0 Å². The van der Waals surface area contributed by atoms with Gasteiger partial charge >= 0.3 is 5.97 Å². The van der Waals surface area contributed by atoms with Crippen molar-refractivity contribution in [2.75, 3.05) is 7.05 Å². The molecule has 16 heavy (non-hydrogen) atoms. The molecule has 0 fully saturated rings. The first kappa shape index (κ1) is 10.7. The average molecular weight is 218 g/mol. The Morgan fingerprint density at radius 3 is 2.56 bits per heavy atom. The quantitative estimate of drug-likeness (QED) is 0.605. The van der Waals surface area contributed by atoms with Gasteiger partial charge < -0.3 is 9.75 Å². The van der Waals surface area contributed by atoms with Crippen LogP contribution in [0.4, 0.5) is 0 Å². The first-order valence-corrected chi connectivity index (χ1v) is 5.11. The average Bonchev–Trinajstić information content (AvgIpc) is 2.65. The van der Waals surface area contributed by atoms with Crippen molar-refractivity contribution in [1.29, 1.82) is 0 Å². The summed E-state index contributed by atoms with van der Waals surface area (Å²) < 4.78 is 4.97. The fraction of sp³-hybridized carbons (Fsp3) is 0.250. The van der Waals surface area contributed by atoms with Crippen LogP contribution in [-0.4, -0.2) is 18.0 Å². The van der Waals surface area contributed by atoms with E-state index in [4.69, 9.17) is 4.74 Å². The largest absolute Gasteiger partial charge is 0.427 e. The number of carbonyl (C=O) groups is 1. The molecule has 1 unspecified atom stereocenters. The van der Waals surface area contributed by atoms with Gasteiger partial charge in [-0.2, -0.15) is 0 Å². The number of hydrazine groups is 1. The molecule has 4 heteroatoms. The van der Waals surface area contributed by atoms with Crippen LogP contribution in [0.15, 0.2) is 36.5 Å². The molecule has 1 aliphatic rings. The molecule has 4 nitrogen and oxygen atoms in total. The second kappa shape index (κ2) is 4.37. The third kappa shape index (κ3) is 2.41. The lowest BCUT2D eigenvalue weighted by molar-refractivity contribution is -0.131. The summed E-state index contributed by atoms with van der Waals surface area (Å²) in [6, 6.07) is 7.67. The number of esters is 1. The molecule has 0 bridgehead atoms. The Labute approximate surface area is 94.5 Å². The zero-order chi connectivity index (χ0) is 11.5. The summed E-state index contributed by atoms with van der Waals surface area (Å²) in [6.07, 6.45) is 4.05. The fourth-order valence-corrected chi connectivity index (χ4v) is 1.62. The molecule has 0 amide bonds. The van der Waals surface area contributed by atoms with Gasteiger partial charge in [-0.15, -0.1) is 0 Å². The Morgan fingerprint density at radius 1 is 1.38 bits per heavy atom. The molecule has 2 rings (SSSR count). The van der Waals surface area contributed by atoms with Gasteiger partial charge in [-0.05, 0) is 23.8 Å². The van der Waals surface area contributed by atoms with Crippen LogP contribution in [0.5, 0.6) is 5.75 Å². The summed E-state index contributed by atoms with van der Waals surface area (Å²) in [6.45, 7) is 1.39. The van der Waals surface area contributed by atoms with Crippen molar-refractivity contribution in [2.24, 2.45) is 0 Å². The van der Waals surface area contributed by atoms with E-state index in [0.717, 1.165) is 5.56 Å². The molecule has 0 aromatic heterocycles. The van der Waals surface area contributed by atoms with Gasteiger partial charge in [-0.25, -0.2) is 5.43 Å². The molecule has 1 aromatic rings. The third-order valence-electron chi connectivity index (χ3n) is 2.35. The fourth-order valence-electron chi connectivity index (χ4n) is 1.62. The first-order valence-electron chi connectivity index (χ1n) is 5.11. The number of hydrogen-bond donors (Lipinski definition) is 1. The zero-order valence-electron chi connectivity index (χ0n) is 9.31. The van der Waals surface area contributed by atoms with Gasteiger partial charge in [0.05, 0.1) is 6.04 Å². The standard InChI is InChI=1S/C12H14N2O2/c1-9(15)16-11-5-3-10(4-6-11)12-7-8-14(2)13-12/h3-8,12-13H,1-2H3. The van der Waals surface area contributed by atoms with Gasteiger partial charge in [0.15, 0.2) is 0 Å². The number of hydrogen-bond acceptors (Lipinski definition) is 4. The Morgan fingerprint density at radius 2 is 2.06 bits per heavy atom. The second-order valence-corrected chi connectivity index (χ2v) is 3.72. The monoisotopic (exact) mass is 218 g/mol. The van der Waals surface area contributed by atoms with Crippen LogP contribution in [0.3, 0.4) is 0 Å². The summed E-state index contributed by atoms with van der Waals surface area (Å²) in [4.78, 5) is 10.7. The minimum atomic E-state index is -0.300. The van der Waals surface area contributed by atoms with Crippen molar-refractivity contribution in [3.05, 3.63) is 42.1 Å². The van der Waals surface area contributed by atoms with E-state index in [9.17, 15) is 4.79 Å². The normalized spacial score (nSPS) is 18.9. The molecule has 1 heterocycles. The van der Waals surface area contributed by atoms with Gasteiger partial charge in [0.1, 0.15) is 5.75 Å². The van der Waals surface area contributed by atoms with Gasteiger partial charge in [-0.1, -0.05) is 12.1 Å². The lowest BCUT2D eigenvalue weighted by Crippen LogP contribution is -2.26. The van der Waals surface area contributed by atoms with E-state index in [1.54, 1.807) is 12.1 Å². The van der Waals surface area contributed by atoms with Crippen LogP contribution < -0.4 is 10.2 Å². The first-order chi connectivity index (χ1) is 7.65. The van der Waals surface area contributed by atoms with Gasteiger partial charge in [0.2, 0.25) is 0 Å². The smallest absolute Gasteiger partial charge is 0.308 e. The Balaban J connectivity index is 2.08. The van der Waals surface area contributed by atoms with Crippen molar-refractivity contribution in [3.8, 4) is 5.75 Å². The number of ether oxygens (including phenoxy) is 1. The molecule has 0 spiro atoms. The molecule has 1 aliphatic heterocycles. The highest BCUT2D eigenvalue weighted by molar-refractivity contribution is 5.69. The summed E-state index contributed by atoms with van der Waals surface area (Å²) in [5.74, 6) is 0.276. The second-order valence-electron chi connectivity index (χ2n) is 3.72. The van der Waals surface area contributed by atoms with Crippen LogP contribution in [0.25, 0.3) is 0 Å². The van der Waals surface area contributed by atoms with Gasteiger partial charge in [0, 0.05) is 20.2 Å². The molecule has 1 aromatic carbocycles. The lowest BCUT2D eigenvalue weighted by Gasteiger charge is -2.15. The van der Waals surface area contributed by atoms with Crippen molar-refractivity contribution in [3.63, 3.8) is 0 Å². The minimum absolute atomic E-state index is 0.191. The molecular weight excluding hydrogens is 204 g/mol. The van der Waals surface area contributed by atoms with Crippen molar-refractivity contribution in [1.82, 2.24) is 10.4 Å². The van der Waals surface area contributed by atoms with Crippen LogP contribution in [0.2, 0.25) is 0 Å². The van der Waals surface area contributed by atoms with Crippen LogP contribution in [0.1, 0.15) is 18.5 Å². The topological polar surface area (TPSA) is 41.6 Å². The van der Waals surface area contributed by atoms with E-state index >= 15 is 0 Å². The Hall–Kier alpha value is -1.81. The number of rotatable bonds is 2. The van der Waals surface area contributed by atoms with E-state index < -0.39 is 0 Å². The molecule has 1 N–H and O–H groups in total. The SMILES string of the molecule is CC(=O)Oc1ccc(C2C=CN(C)N2)cc1. The van der Waals surface area contributed by atoms with Crippen LogP contribution in [-0.2, 0) is 4.79 Å². The zero-order valence-corrected chi connectivity index (χ0v) is 9.31. The minimum Gasteiger partial charge on any atom is -0.427 e. The van der Waals surface area contributed by atoms with Gasteiger partial charge in [-0.3, -0.25) is 4.79 Å². The maximum absolute atomic E-state index is 10.7. The molecule has 1 atom stereocenters. The number of carbonyl (C=O) groups excluding carboxylic acids is 1. The molecule has 0 radical (unpaired) electrons. The molecule has 0 saturated heterocycles. The molecule has 0 aliphatic carbocycles. The molecule has 0 saturated carbocycles. The van der Waals surface area contributed by atoms with Crippen molar-refractivity contribution < 1.29 is 9.53 Å². The van der Waals surface area contributed by atoms with Crippen LogP contribution >= 0.6 is 0 Å². The highest BCUT2D eigenvalue weighted by Gasteiger charge is 2.13. The molecular formula is C12H14N2O2. The summed E-state index contributed by atoms with van der Waals surface area (Å²) >= 11 is 0. The Bertz CT molecular complexity index is 412. The summed E-state index contributed by atoms with van der Waals surface area (Å²) in [5, 5.41) is 1.91. The summed E-state index contributed by atoms with van der Waals surface area (Å²) in [5.41, 5.74) is 4.38. The number of benzene rings is 1. The third-order valence-corrected chi connectivity index (χ3v) is 2.35.